The van der Waals surface area contributed by atoms with Gasteiger partial charge >= 0.3 is 0 Å². The number of rotatable bonds is 1. The van der Waals surface area contributed by atoms with Crippen molar-refractivity contribution in [2.45, 2.75) is 33.0 Å². The summed E-state index contributed by atoms with van der Waals surface area (Å²) in [6, 6.07) is 27.4. The van der Waals surface area contributed by atoms with E-state index in [0.717, 1.165) is 13.1 Å². The van der Waals surface area contributed by atoms with E-state index >= 15 is 0 Å². The van der Waals surface area contributed by atoms with Crippen molar-refractivity contribution in [1.82, 2.24) is 4.90 Å². The van der Waals surface area contributed by atoms with Gasteiger partial charge < -0.3 is 0 Å². The first-order valence-electron chi connectivity index (χ1n) is 9.48. The summed E-state index contributed by atoms with van der Waals surface area (Å²) < 4.78 is 0. The molecule has 0 N–H and O–H groups in total. The maximum absolute atomic E-state index is 2.58. The van der Waals surface area contributed by atoms with Crippen molar-refractivity contribution in [2.24, 2.45) is 0 Å². The smallest absolute Gasteiger partial charge is 0.0246 e. The minimum atomic E-state index is 0.520. The molecule has 5 rings (SSSR count). The van der Waals surface area contributed by atoms with Crippen LogP contribution in [0.15, 0.2) is 72.8 Å². The molecule has 4 aromatic carbocycles. The third kappa shape index (κ3) is 2.35. The van der Waals surface area contributed by atoms with Crippen LogP contribution in [0, 0.1) is 0 Å². The topological polar surface area (TPSA) is 3.24 Å². The highest BCUT2D eigenvalue weighted by Crippen LogP contribution is 2.42. The average Bonchev–Trinajstić information content (AvgIpc) is 2.85. The van der Waals surface area contributed by atoms with Crippen molar-refractivity contribution in [3.63, 3.8) is 0 Å². The molecule has 0 spiro atoms. The van der Waals surface area contributed by atoms with E-state index in [9.17, 15) is 0 Å². The molecule has 0 aromatic heterocycles. The Morgan fingerprint density at radius 2 is 1.08 bits per heavy atom. The first-order chi connectivity index (χ1) is 12.7. The van der Waals surface area contributed by atoms with Crippen LogP contribution in [-0.4, -0.2) is 10.9 Å². The summed E-state index contributed by atoms with van der Waals surface area (Å²) in [7, 11) is 0. The average molecular weight is 337 g/mol. The summed E-state index contributed by atoms with van der Waals surface area (Å²) in [5, 5.41) is 5.38. The Morgan fingerprint density at radius 1 is 0.615 bits per heavy atom. The number of fused-ring (bicyclic) bond motifs is 7. The van der Waals surface area contributed by atoms with Crippen LogP contribution in [0.4, 0.5) is 0 Å². The Labute approximate surface area is 154 Å². The third-order valence-electron chi connectivity index (χ3n) is 5.76. The second kappa shape index (κ2) is 5.96. The Morgan fingerprint density at radius 3 is 1.54 bits per heavy atom. The summed E-state index contributed by atoms with van der Waals surface area (Å²) in [6.45, 7) is 6.60. The predicted molar refractivity (Wildman–Crippen MR) is 111 cm³/mol. The molecule has 128 valence electrons. The molecule has 0 bridgehead atoms. The number of hydrogen-bond donors (Lipinski definition) is 0. The highest BCUT2D eigenvalue weighted by Gasteiger charge is 2.24. The summed E-state index contributed by atoms with van der Waals surface area (Å²) >= 11 is 0. The number of benzene rings is 4. The van der Waals surface area contributed by atoms with E-state index < -0.39 is 0 Å². The van der Waals surface area contributed by atoms with Gasteiger partial charge in [-0.25, -0.2) is 0 Å². The third-order valence-corrected chi connectivity index (χ3v) is 5.76. The van der Waals surface area contributed by atoms with Gasteiger partial charge in [-0.3, -0.25) is 4.90 Å². The molecule has 0 radical (unpaired) electrons. The Balaban J connectivity index is 1.94. The highest BCUT2D eigenvalue weighted by atomic mass is 15.1. The lowest BCUT2D eigenvalue weighted by atomic mass is 9.88. The van der Waals surface area contributed by atoms with Crippen LogP contribution in [0.25, 0.3) is 32.7 Å². The maximum atomic E-state index is 2.58. The Hall–Kier alpha value is -2.64. The van der Waals surface area contributed by atoms with Gasteiger partial charge in [-0.1, -0.05) is 72.8 Å². The van der Waals surface area contributed by atoms with Crippen LogP contribution >= 0.6 is 0 Å². The molecule has 0 amide bonds. The van der Waals surface area contributed by atoms with Gasteiger partial charge in [-0.15, -0.1) is 0 Å². The molecule has 1 heterocycles. The second-order valence-electron chi connectivity index (χ2n) is 7.64. The van der Waals surface area contributed by atoms with Gasteiger partial charge in [0.25, 0.3) is 0 Å². The first-order valence-corrected chi connectivity index (χ1v) is 9.48. The second-order valence-corrected chi connectivity index (χ2v) is 7.64. The molecule has 1 heteroatoms. The first kappa shape index (κ1) is 15.6. The van der Waals surface area contributed by atoms with E-state index in [1.165, 1.54) is 43.8 Å². The zero-order valence-corrected chi connectivity index (χ0v) is 15.4. The summed E-state index contributed by atoms with van der Waals surface area (Å²) in [5.41, 5.74) is 5.73. The van der Waals surface area contributed by atoms with Gasteiger partial charge in [0.1, 0.15) is 0 Å². The fourth-order valence-corrected chi connectivity index (χ4v) is 4.35. The van der Waals surface area contributed by atoms with Crippen molar-refractivity contribution in [2.75, 3.05) is 0 Å². The molecule has 4 aromatic rings. The van der Waals surface area contributed by atoms with Crippen molar-refractivity contribution in [3.8, 4) is 11.1 Å². The lowest BCUT2D eigenvalue weighted by Gasteiger charge is -2.25. The van der Waals surface area contributed by atoms with Crippen molar-refractivity contribution in [1.29, 1.82) is 0 Å². The van der Waals surface area contributed by atoms with Crippen molar-refractivity contribution in [3.05, 3.63) is 83.9 Å². The van der Waals surface area contributed by atoms with Gasteiger partial charge in [0, 0.05) is 19.1 Å². The van der Waals surface area contributed by atoms with Gasteiger partial charge in [0.2, 0.25) is 0 Å². The van der Waals surface area contributed by atoms with Crippen molar-refractivity contribution >= 4 is 21.5 Å². The van der Waals surface area contributed by atoms with E-state index in [0.29, 0.717) is 6.04 Å². The molecular formula is C25H23N. The van der Waals surface area contributed by atoms with Crippen molar-refractivity contribution < 1.29 is 0 Å². The summed E-state index contributed by atoms with van der Waals surface area (Å²) in [6.07, 6.45) is 0. The SMILES string of the molecule is CC(C)N1Cc2ccc3ccccc3c2-c2c(ccc3ccccc23)C1. The van der Waals surface area contributed by atoms with Crippen LogP contribution in [0.2, 0.25) is 0 Å². The molecule has 1 aliphatic rings. The minimum Gasteiger partial charge on any atom is -0.292 e. The monoisotopic (exact) mass is 337 g/mol. The van der Waals surface area contributed by atoms with Crippen LogP contribution in [0.3, 0.4) is 0 Å². The zero-order valence-electron chi connectivity index (χ0n) is 15.4. The largest absolute Gasteiger partial charge is 0.292 e. The predicted octanol–water partition coefficient (Wildman–Crippen LogP) is 6.38. The van der Waals surface area contributed by atoms with E-state index in [4.69, 9.17) is 0 Å². The zero-order chi connectivity index (χ0) is 17.7. The fraction of sp³-hybridized carbons (Fsp3) is 0.200. The lowest BCUT2D eigenvalue weighted by Crippen LogP contribution is -2.28. The van der Waals surface area contributed by atoms with Gasteiger partial charge in [0.05, 0.1) is 0 Å². The Kier molecular flexibility index (Phi) is 3.58. The molecule has 26 heavy (non-hydrogen) atoms. The fourth-order valence-electron chi connectivity index (χ4n) is 4.35. The van der Waals surface area contributed by atoms with Crippen LogP contribution in [-0.2, 0) is 13.1 Å². The Bertz CT molecular complexity index is 1040. The molecule has 0 saturated heterocycles. The summed E-state index contributed by atoms with van der Waals surface area (Å²) in [4.78, 5) is 2.58. The molecule has 0 fully saturated rings. The van der Waals surface area contributed by atoms with E-state index in [1.54, 1.807) is 0 Å². The van der Waals surface area contributed by atoms with Crippen LogP contribution in [0.1, 0.15) is 25.0 Å². The van der Waals surface area contributed by atoms with E-state index in [-0.39, 0.29) is 0 Å². The molecule has 0 saturated carbocycles. The maximum Gasteiger partial charge on any atom is 0.0246 e. The van der Waals surface area contributed by atoms with Gasteiger partial charge in [0.15, 0.2) is 0 Å². The van der Waals surface area contributed by atoms with Gasteiger partial charge in [-0.2, -0.15) is 0 Å². The molecule has 1 aliphatic heterocycles. The molecule has 1 nitrogen and oxygen atoms in total. The van der Waals surface area contributed by atoms with E-state index in [1.807, 2.05) is 0 Å². The van der Waals surface area contributed by atoms with E-state index in [2.05, 4.69) is 91.5 Å². The normalized spacial score (nSPS) is 14.4. The van der Waals surface area contributed by atoms with Gasteiger partial charge in [-0.05, 0) is 57.6 Å². The number of nitrogens with zero attached hydrogens (tertiary/aromatic N) is 1. The minimum absolute atomic E-state index is 0.520. The van der Waals surface area contributed by atoms with Crippen LogP contribution < -0.4 is 0 Å². The molecule has 0 atom stereocenters. The summed E-state index contributed by atoms with van der Waals surface area (Å²) in [5.74, 6) is 0. The molecule has 0 aliphatic carbocycles. The molecule has 0 unspecified atom stereocenters. The van der Waals surface area contributed by atoms with Crippen LogP contribution in [0.5, 0.6) is 0 Å². The standard InChI is InChI=1S/C25H23N/c1-17(2)26-15-20-13-11-18-7-3-5-9-22(18)24(20)25-21(16-26)14-12-19-8-4-6-10-23(19)25/h3-14,17H,15-16H2,1-2H3. The number of hydrogen-bond acceptors (Lipinski definition) is 1. The lowest BCUT2D eigenvalue weighted by molar-refractivity contribution is 0.206. The highest BCUT2D eigenvalue weighted by molar-refractivity contribution is 6.08. The quantitative estimate of drug-likeness (QED) is 0.389. The molecular weight excluding hydrogens is 314 g/mol.